The van der Waals surface area contributed by atoms with Crippen LogP contribution in [0.2, 0.25) is 0 Å². The highest BCUT2D eigenvalue weighted by Gasteiger charge is 2.29. The quantitative estimate of drug-likeness (QED) is 0.413. The molecule has 0 spiro atoms. The predicted molar refractivity (Wildman–Crippen MR) is 64.4 cm³/mol. The average Bonchev–Trinajstić information content (AvgIpc) is 2.38. The minimum absolute atomic E-state index is 0.272. The number of aromatic nitrogens is 1. The molecule has 110 valence electrons. The number of amides is 1. The molecule has 0 aromatic carbocycles. The fourth-order valence-corrected chi connectivity index (χ4v) is 0.974. The van der Waals surface area contributed by atoms with Crippen molar-refractivity contribution in [2.24, 2.45) is 5.73 Å². The number of aliphatic hydroxyl groups is 2. The summed E-state index contributed by atoms with van der Waals surface area (Å²) in [6.45, 7) is 0. The first-order valence-electron chi connectivity index (χ1n) is 5.24. The lowest BCUT2D eigenvalue weighted by Crippen LogP contribution is -2.39. The molecule has 1 heterocycles. The lowest BCUT2D eigenvalue weighted by Gasteiger charge is -2.07. The van der Waals surface area contributed by atoms with Crippen molar-refractivity contribution in [2.45, 2.75) is 18.6 Å². The summed E-state index contributed by atoms with van der Waals surface area (Å²) < 4.78 is 0. The number of carbonyl (C=O) groups is 3. The van der Waals surface area contributed by atoms with E-state index in [4.69, 9.17) is 26.2 Å². The topological polar surface area (TPSA) is 171 Å². The summed E-state index contributed by atoms with van der Waals surface area (Å²) in [5.41, 5.74) is 5.81. The largest absolute Gasteiger partial charge is 0.479 e. The number of pyridine rings is 1. The summed E-state index contributed by atoms with van der Waals surface area (Å²) in [5, 5.41) is 32.5. The monoisotopic (exact) mass is 286 g/mol. The number of hydrogen-bond acceptors (Lipinski definition) is 6. The first kappa shape index (κ1) is 17.5. The Bertz CT molecular complexity index is 445. The van der Waals surface area contributed by atoms with Gasteiger partial charge < -0.3 is 26.2 Å². The van der Waals surface area contributed by atoms with Gasteiger partial charge in [-0.3, -0.25) is 9.78 Å². The first-order valence-corrected chi connectivity index (χ1v) is 5.24. The van der Waals surface area contributed by atoms with Gasteiger partial charge in [-0.25, -0.2) is 9.59 Å². The van der Waals surface area contributed by atoms with Crippen molar-refractivity contribution >= 4 is 17.8 Å². The van der Waals surface area contributed by atoms with Gasteiger partial charge in [-0.15, -0.1) is 0 Å². The van der Waals surface area contributed by atoms with Crippen molar-refractivity contribution in [2.75, 3.05) is 0 Å². The molecule has 0 radical (unpaired) electrons. The number of nitrogens with two attached hydrogens (primary N) is 1. The van der Waals surface area contributed by atoms with Gasteiger partial charge in [0, 0.05) is 12.4 Å². The summed E-state index contributed by atoms with van der Waals surface area (Å²) in [7, 11) is 0. The summed E-state index contributed by atoms with van der Waals surface area (Å²) in [6, 6.07) is 3.59. The van der Waals surface area contributed by atoms with Gasteiger partial charge >= 0.3 is 11.9 Å². The maximum Gasteiger partial charge on any atom is 0.335 e. The second-order valence-electron chi connectivity index (χ2n) is 3.57. The Morgan fingerprint density at radius 2 is 1.65 bits per heavy atom. The molecule has 9 heteroatoms. The zero-order valence-electron chi connectivity index (χ0n) is 10.2. The molecular weight excluding hydrogens is 272 g/mol. The Morgan fingerprint density at radius 3 is 1.95 bits per heavy atom. The van der Waals surface area contributed by atoms with Crippen LogP contribution in [0.3, 0.4) is 0 Å². The lowest BCUT2D eigenvalue weighted by molar-refractivity contribution is -0.165. The van der Waals surface area contributed by atoms with Gasteiger partial charge in [-0.05, 0) is 11.6 Å². The number of carbonyl (C=O) groups excluding carboxylic acids is 1. The van der Waals surface area contributed by atoms with Crippen LogP contribution >= 0.6 is 0 Å². The van der Waals surface area contributed by atoms with Gasteiger partial charge in [0.05, 0.1) is 6.42 Å². The molecule has 0 aliphatic carbocycles. The van der Waals surface area contributed by atoms with Crippen molar-refractivity contribution in [1.82, 2.24) is 4.98 Å². The number of aliphatic hydroxyl groups excluding tert-OH is 2. The highest BCUT2D eigenvalue weighted by molar-refractivity contribution is 5.83. The number of primary amides is 1. The molecule has 1 rings (SSSR count). The van der Waals surface area contributed by atoms with E-state index in [2.05, 4.69) is 4.98 Å². The third-order valence-electron chi connectivity index (χ3n) is 1.91. The van der Waals surface area contributed by atoms with E-state index in [1.165, 1.54) is 0 Å². The molecular formula is C11H14N2O7. The van der Waals surface area contributed by atoms with Crippen LogP contribution in [0.25, 0.3) is 0 Å². The third-order valence-corrected chi connectivity index (χ3v) is 1.91. The van der Waals surface area contributed by atoms with Crippen molar-refractivity contribution in [3.63, 3.8) is 0 Å². The van der Waals surface area contributed by atoms with Gasteiger partial charge in [0.15, 0.2) is 12.2 Å². The second-order valence-corrected chi connectivity index (χ2v) is 3.57. The van der Waals surface area contributed by atoms with Crippen LogP contribution in [0.4, 0.5) is 0 Å². The summed E-state index contributed by atoms with van der Waals surface area (Å²) in [6.07, 6.45) is -0.974. The summed E-state index contributed by atoms with van der Waals surface area (Å²) >= 11 is 0. The van der Waals surface area contributed by atoms with Gasteiger partial charge in [0.25, 0.3) is 0 Å². The fourth-order valence-electron chi connectivity index (χ4n) is 0.974. The molecule has 9 nitrogen and oxygen atoms in total. The zero-order valence-corrected chi connectivity index (χ0v) is 10.2. The molecule has 0 bridgehead atoms. The van der Waals surface area contributed by atoms with Crippen LogP contribution in [0, 0.1) is 0 Å². The van der Waals surface area contributed by atoms with E-state index in [9.17, 15) is 14.4 Å². The molecule has 0 fully saturated rings. The van der Waals surface area contributed by atoms with E-state index >= 15 is 0 Å². The van der Waals surface area contributed by atoms with Crippen molar-refractivity contribution in [3.05, 3.63) is 30.1 Å². The maximum absolute atomic E-state index is 10.4. The van der Waals surface area contributed by atoms with Gasteiger partial charge in [-0.2, -0.15) is 0 Å². The van der Waals surface area contributed by atoms with Crippen molar-refractivity contribution < 1.29 is 34.8 Å². The maximum atomic E-state index is 10.4. The molecule has 0 saturated carbocycles. The Kier molecular flexibility index (Phi) is 7.48. The number of nitrogens with zero attached hydrogens (tertiary/aromatic N) is 1. The fraction of sp³-hybridized carbons (Fsp3) is 0.273. The van der Waals surface area contributed by atoms with Crippen LogP contribution < -0.4 is 5.73 Å². The molecule has 1 aromatic heterocycles. The van der Waals surface area contributed by atoms with E-state index < -0.39 is 24.1 Å². The SMILES string of the molecule is NC(=O)Cc1cccnc1.O=C(O)C(O)C(O)C(=O)O. The molecule has 1 aromatic rings. The molecule has 0 aliphatic heterocycles. The van der Waals surface area contributed by atoms with Crippen LogP contribution in [0.1, 0.15) is 5.56 Å². The van der Waals surface area contributed by atoms with E-state index in [1.54, 1.807) is 18.5 Å². The van der Waals surface area contributed by atoms with Crippen molar-refractivity contribution in [3.8, 4) is 0 Å². The summed E-state index contributed by atoms with van der Waals surface area (Å²) in [4.78, 5) is 33.7. The Hall–Kier alpha value is -2.52. The van der Waals surface area contributed by atoms with Gasteiger partial charge in [0.2, 0.25) is 5.91 Å². The minimum Gasteiger partial charge on any atom is -0.479 e. The van der Waals surface area contributed by atoms with Crippen LogP contribution in [0.5, 0.6) is 0 Å². The molecule has 6 N–H and O–H groups in total. The van der Waals surface area contributed by atoms with E-state index in [1.807, 2.05) is 6.07 Å². The highest BCUT2D eigenvalue weighted by atomic mass is 16.4. The third kappa shape index (κ3) is 7.03. The molecule has 2 unspecified atom stereocenters. The Morgan fingerprint density at radius 1 is 1.15 bits per heavy atom. The average molecular weight is 286 g/mol. The zero-order chi connectivity index (χ0) is 15.7. The molecule has 2 atom stereocenters. The second kappa shape index (κ2) is 8.56. The minimum atomic E-state index is -2.27. The van der Waals surface area contributed by atoms with Crippen LogP contribution in [-0.2, 0) is 20.8 Å². The molecule has 1 amide bonds. The van der Waals surface area contributed by atoms with E-state index in [0.717, 1.165) is 5.56 Å². The van der Waals surface area contributed by atoms with Crippen LogP contribution in [-0.4, -0.2) is 55.5 Å². The van der Waals surface area contributed by atoms with E-state index in [-0.39, 0.29) is 12.3 Å². The lowest BCUT2D eigenvalue weighted by atomic mass is 10.2. The predicted octanol–water partition coefficient (Wildman–Crippen LogP) is -2.01. The number of carboxylic acid groups (broad SMARTS) is 2. The van der Waals surface area contributed by atoms with Gasteiger partial charge in [0.1, 0.15) is 0 Å². The Balaban J connectivity index is 0.000000361. The standard InChI is InChI=1S/C7H8N2O.C4H6O6/c8-7(10)4-6-2-1-3-9-5-6;5-1(3(7)8)2(6)4(9)10/h1-3,5H,4H2,(H2,8,10);1-2,5-6H,(H,7,8)(H,9,10). The molecule has 0 aliphatic rings. The first-order chi connectivity index (χ1) is 9.25. The number of rotatable bonds is 5. The number of hydrogen-bond donors (Lipinski definition) is 5. The Labute approximate surface area is 113 Å². The van der Waals surface area contributed by atoms with Gasteiger partial charge in [-0.1, -0.05) is 6.07 Å². The summed E-state index contributed by atoms with van der Waals surface area (Å²) in [5.74, 6) is -3.86. The molecule has 0 saturated heterocycles. The van der Waals surface area contributed by atoms with E-state index in [0.29, 0.717) is 0 Å². The number of carboxylic acids is 2. The smallest absolute Gasteiger partial charge is 0.335 e. The normalized spacial score (nSPS) is 12.5. The highest BCUT2D eigenvalue weighted by Crippen LogP contribution is 1.94. The molecule has 20 heavy (non-hydrogen) atoms. The number of aliphatic carboxylic acids is 2. The van der Waals surface area contributed by atoms with Crippen molar-refractivity contribution in [1.29, 1.82) is 0 Å². The van der Waals surface area contributed by atoms with Crippen LogP contribution in [0.15, 0.2) is 24.5 Å².